The minimum absolute atomic E-state index is 0.153. The minimum atomic E-state index is -5.56. The molecule has 5 nitrogen and oxygen atoms in total. The molecule has 31 heavy (non-hydrogen) atoms. The van der Waals surface area contributed by atoms with Crippen molar-refractivity contribution in [3.63, 3.8) is 0 Å². The molecule has 1 aliphatic heterocycles. The summed E-state index contributed by atoms with van der Waals surface area (Å²) >= 11 is 5.68. The summed E-state index contributed by atoms with van der Waals surface area (Å²) in [7, 11) is -1.39. The number of urea groups is 1. The average molecular weight is 497 g/mol. The zero-order chi connectivity index (χ0) is 23.9. The predicted molar refractivity (Wildman–Crippen MR) is 109 cm³/mol. The van der Waals surface area contributed by atoms with Crippen LogP contribution in [0, 0.1) is 0 Å². The third-order valence-electron chi connectivity index (χ3n) is 5.31. The first-order valence-electron chi connectivity index (χ1n) is 10.3. The van der Waals surface area contributed by atoms with E-state index in [0.29, 0.717) is 23.1 Å². The monoisotopic (exact) mass is 496 g/mol. The highest BCUT2D eigenvalue weighted by atomic mass is 35.5. The molecule has 1 fully saturated rings. The normalized spacial score (nSPS) is 18.2. The van der Waals surface area contributed by atoms with Crippen molar-refractivity contribution in [2.75, 3.05) is 18.1 Å². The maximum Gasteiger partial charge on any atom is 0.453 e. The molecule has 1 aliphatic rings. The molecule has 0 aliphatic carbocycles. The third-order valence-corrected chi connectivity index (χ3v) is 7.09. The molecule has 1 atom stereocenters. The van der Waals surface area contributed by atoms with Crippen molar-refractivity contribution < 1.29 is 35.8 Å². The number of halogens is 6. The number of unbranched alkanes of at least 4 members (excludes halogenated alkanes) is 6. The van der Waals surface area contributed by atoms with Gasteiger partial charge in [-0.05, 0) is 33.1 Å². The standard InChI is InChI=1S/C19H30ClF5N2O3S/c1-17(2)15(28)27(20)16(29)26(17)12-8-6-4-3-5-7-9-13-31(30)14-10-11-18(21,22)19(23,24)25/h3-14H2,1-2H3. The molecule has 0 radical (unpaired) electrons. The van der Waals surface area contributed by atoms with Crippen LogP contribution in [-0.4, -0.2) is 61.2 Å². The lowest BCUT2D eigenvalue weighted by Gasteiger charge is -2.27. The first kappa shape index (κ1) is 28.1. The first-order valence-corrected chi connectivity index (χ1v) is 12.2. The Morgan fingerprint density at radius 2 is 1.35 bits per heavy atom. The van der Waals surface area contributed by atoms with Gasteiger partial charge in [0.2, 0.25) is 0 Å². The van der Waals surface area contributed by atoms with E-state index in [0.717, 1.165) is 38.5 Å². The second kappa shape index (κ2) is 11.8. The van der Waals surface area contributed by atoms with Crippen LogP contribution in [0.2, 0.25) is 0 Å². The molecule has 1 heterocycles. The van der Waals surface area contributed by atoms with E-state index in [4.69, 9.17) is 11.8 Å². The third kappa shape index (κ3) is 8.14. The highest BCUT2D eigenvalue weighted by molar-refractivity contribution is 7.84. The zero-order valence-corrected chi connectivity index (χ0v) is 19.4. The molecule has 0 aromatic heterocycles. The molecule has 1 unspecified atom stereocenters. The fourth-order valence-corrected chi connectivity index (χ4v) is 4.77. The highest BCUT2D eigenvalue weighted by Crippen LogP contribution is 2.38. The number of hydrogen-bond acceptors (Lipinski definition) is 3. The van der Waals surface area contributed by atoms with Crippen LogP contribution in [0.25, 0.3) is 0 Å². The minimum Gasteiger partial charge on any atom is -0.309 e. The van der Waals surface area contributed by atoms with Crippen LogP contribution in [0.1, 0.15) is 71.6 Å². The van der Waals surface area contributed by atoms with Gasteiger partial charge in [-0.3, -0.25) is 9.00 Å². The van der Waals surface area contributed by atoms with Gasteiger partial charge in [-0.15, -0.1) is 0 Å². The molecule has 12 heteroatoms. The Morgan fingerprint density at radius 1 is 0.871 bits per heavy atom. The Morgan fingerprint density at radius 3 is 1.84 bits per heavy atom. The number of carbonyl (C=O) groups excluding carboxylic acids is 2. The molecule has 0 aromatic rings. The van der Waals surface area contributed by atoms with Crippen LogP contribution < -0.4 is 0 Å². The predicted octanol–water partition coefficient (Wildman–Crippen LogP) is 5.64. The summed E-state index contributed by atoms with van der Waals surface area (Å²) in [5.74, 6) is -5.02. The van der Waals surface area contributed by atoms with E-state index in [2.05, 4.69) is 0 Å². The topological polar surface area (TPSA) is 57.7 Å². The maximum absolute atomic E-state index is 12.8. The van der Waals surface area contributed by atoms with Crippen molar-refractivity contribution in [1.29, 1.82) is 0 Å². The first-order chi connectivity index (χ1) is 14.2. The molecule has 1 saturated heterocycles. The Bertz CT molecular complexity index is 647. The Kier molecular flexibility index (Phi) is 10.7. The summed E-state index contributed by atoms with van der Waals surface area (Å²) in [6, 6.07) is -0.508. The van der Waals surface area contributed by atoms with Crippen LogP contribution in [-0.2, 0) is 15.6 Å². The van der Waals surface area contributed by atoms with Crippen LogP contribution in [0.15, 0.2) is 0 Å². The Balaban J connectivity index is 2.05. The van der Waals surface area contributed by atoms with Gasteiger partial charge >= 0.3 is 18.1 Å². The lowest BCUT2D eigenvalue weighted by atomic mass is 10.0. The van der Waals surface area contributed by atoms with Gasteiger partial charge in [-0.25, -0.2) is 4.79 Å². The highest BCUT2D eigenvalue weighted by Gasteiger charge is 2.56. The number of rotatable bonds is 14. The molecule has 182 valence electrons. The van der Waals surface area contributed by atoms with Crippen molar-refractivity contribution >= 4 is 34.5 Å². The van der Waals surface area contributed by atoms with Gasteiger partial charge in [0, 0.05) is 47.0 Å². The lowest BCUT2D eigenvalue weighted by Crippen LogP contribution is -2.44. The summed E-state index contributed by atoms with van der Waals surface area (Å²) in [5, 5.41) is 0. The van der Waals surface area contributed by atoms with E-state index >= 15 is 0 Å². The van der Waals surface area contributed by atoms with E-state index < -0.39 is 53.2 Å². The van der Waals surface area contributed by atoms with Crippen molar-refractivity contribution in [1.82, 2.24) is 9.32 Å². The van der Waals surface area contributed by atoms with E-state index in [1.807, 2.05) is 0 Å². The molecule has 0 bridgehead atoms. The number of nitrogens with zero attached hydrogens (tertiary/aromatic N) is 2. The summed E-state index contributed by atoms with van der Waals surface area (Å²) in [4.78, 5) is 25.3. The SMILES string of the molecule is CC1(C)C(=O)N(Cl)C(=O)N1CCCCCCCCCS(=O)CCCC(F)(F)C(F)(F)F. The van der Waals surface area contributed by atoms with E-state index in [-0.39, 0.29) is 5.75 Å². The second-order valence-electron chi connectivity index (χ2n) is 8.21. The number of hydrogen-bond donors (Lipinski definition) is 0. The summed E-state index contributed by atoms with van der Waals surface area (Å²) < 4.78 is 74.0. The lowest BCUT2D eigenvalue weighted by molar-refractivity contribution is -0.284. The van der Waals surface area contributed by atoms with Gasteiger partial charge in [0.25, 0.3) is 5.91 Å². The fourth-order valence-electron chi connectivity index (χ4n) is 3.28. The molecule has 1 rings (SSSR count). The smallest absolute Gasteiger partial charge is 0.309 e. The fraction of sp³-hybridized carbons (Fsp3) is 0.895. The Hall–Kier alpha value is -0.970. The molecular weight excluding hydrogens is 467 g/mol. The molecule has 0 saturated carbocycles. The largest absolute Gasteiger partial charge is 0.453 e. The summed E-state index contributed by atoms with van der Waals surface area (Å²) in [6.07, 6.45) is -1.53. The second-order valence-corrected chi connectivity index (χ2v) is 10.2. The van der Waals surface area contributed by atoms with Gasteiger partial charge in [-0.2, -0.15) is 26.4 Å². The van der Waals surface area contributed by atoms with Crippen molar-refractivity contribution in [2.24, 2.45) is 0 Å². The van der Waals surface area contributed by atoms with Gasteiger partial charge in [-0.1, -0.05) is 32.1 Å². The molecular formula is C19H30ClF5N2O3S. The van der Waals surface area contributed by atoms with Gasteiger partial charge in [0.1, 0.15) is 5.54 Å². The number of imide groups is 1. The molecule has 0 spiro atoms. The van der Waals surface area contributed by atoms with Gasteiger partial charge in [0.15, 0.2) is 0 Å². The van der Waals surface area contributed by atoms with Crippen molar-refractivity contribution in [3.8, 4) is 0 Å². The quantitative estimate of drug-likeness (QED) is 0.135. The van der Waals surface area contributed by atoms with E-state index in [1.54, 1.807) is 13.8 Å². The number of amides is 3. The van der Waals surface area contributed by atoms with Crippen molar-refractivity contribution in [3.05, 3.63) is 0 Å². The van der Waals surface area contributed by atoms with Crippen LogP contribution in [0.5, 0.6) is 0 Å². The van der Waals surface area contributed by atoms with E-state index in [9.17, 15) is 35.8 Å². The number of carbonyl (C=O) groups is 2. The number of alkyl halides is 5. The zero-order valence-electron chi connectivity index (χ0n) is 17.8. The van der Waals surface area contributed by atoms with Crippen LogP contribution in [0.4, 0.5) is 26.7 Å². The van der Waals surface area contributed by atoms with Crippen molar-refractivity contribution in [2.45, 2.75) is 89.3 Å². The summed E-state index contributed by atoms with van der Waals surface area (Å²) in [6.45, 7) is 3.75. The van der Waals surface area contributed by atoms with E-state index in [1.165, 1.54) is 4.90 Å². The molecule has 0 aromatic carbocycles. The van der Waals surface area contributed by atoms with Gasteiger partial charge < -0.3 is 4.90 Å². The maximum atomic E-state index is 12.8. The molecule has 3 amide bonds. The average Bonchev–Trinajstić information content (AvgIpc) is 2.79. The summed E-state index contributed by atoms with van der Waals surface area (Å²) in [5.41, 5.74) is -0.947. The Labute approximate surface area is 187 Å². The van der Waals surface area contributed by atoms with Crippen LogP contribution in [0.3, 0.4) is 0 Å². The molecule has 0 N–H and O–H groups in total. The van der Waals surface area contributed by atoms with Gasteiger partial charge in [0.05, 0.1) is 0 Å². The van der Waals surface area contributed by atoms with Crippen LogP contribution >= 0.6 is 11.8 Å².